The first kappa shape index (κ1) is 16.0. The highest BCUT2D eigenvalue weighted by molar-refractivity contribution is 5.97. The molecule has 0 aliphatic carbocycles. The van der Waals surface area contributed by atoms with Crippen LogP contribution in [0.1, 0.15) is 11.1 Å². The predicted molar refractivity (Wildman–Crippen MR) is 74.4 cm³/mol. The van der Waals surface area contributed by atoms with Crippen LogP contribution in [0.3, 0.4) is 0 Å². The number of nitrogens with zero attached hydrogens (tertiary/aromatic N) is 2. The highest BCUT2D eigenvalue weighted by Crippen LogP contribution is 2.24. The molecule has 22 heavy (non-hydrogen) atoms. The summed E-state index contributed by atoms with van der Waals surface area (Å²) in [5.74, 6) is -1.86. The number of guanidine groups is 1. The van der Waals surface area contributed by atoms with Gasteiger partial charge in [-0.3, -0.25) is 11.1 Å². The molecule has 7 nitrogen and oxygen atoms in total. The van der Waals surface area contributed by atoms with Gasteiger partial charge < -0.3 is 16.2 Å². The van der Waals surface area contributed by atoms with Crippen LogP contribution in [0.25, 0.3) is 0 Å². The van der Waals surface area contributed by atoms with E-state index in [1.807, 2.05) is 0 Å². The summed E-state index contributed by atoms with van der Waals surface area (Å²) in [6, 6.07) is 6.22. The molecule has 0 bridgehead atoms. The van der Waals surface area contributed by atoms with Gasteiger partial charge in [0.1, 0.15) is 0 Å². The largest absolute Gasteiger partial charge is 0.455 e. The third-order valence-corrected chi connectivity index (χ3v) is 2.78. The Balaban J connectivity index is 2.25. The fourth-order valence-corrected chi connectivity index (χ4v) is 1.76. The molecule has 1 unspecified atom stereocenters. The molecule has 7 N–H and O–H groups in total. The molecule has 1 aromatic rings. The van der Waals surface area contributed by atoms with Gasteiger partial charge in [-0.15, -0.1) is 0 Å². The molecule has 1 aliphatic heterocycles. The number of amidine groups is 1. The van der Waals surface area contributed by atoms with E-state index in [1.165, 1.54) is 0 Å². The van der Waals surface area contributed by atoms with Crippen molar-refractivity contribution in [2.75, 3.05) is 6.61 Å². The topological polar surface area (TPSA) is 124 Å². The van der Waals surface area contributed by atoms with Crippen molar-refractivity contribution in [1.29, 1.82) is 0 Å². The summed E-state index contributed by atoms with van der Waals surface area (Å²) in [6.45, 7) is -1.18. The number of hydrogen-bond acceptors (Lipinski definition) is 7. The first-order chi connectivity index (χ1) is 10.2. The molecule has 0 fully saturated rings. The van der Waals surface area contributed by atoms with Crippen LogP contribution >= 0.6 is 0 Å². The standard InChI is InChI=1S/C12H15F3N6O/c13-11(14,15)6-22-10-19-9(17)20-12(18,21-10)8-3-1-7(5-16)2-4-8/h1-4H,5-6,16,18H2,(H3,17,19,20,21). The summed E-state index contributed by atoms with van der Waals surface area (Å²) in [6.07, 6.45) is -4.51. The normalized spacial score (nSPS) is 21.7. The van der Waals surface area contributed by atoms with Crippen molar-refractivity contribution in [3.63, 3.8) is 0 Å². The molecular formula is C12H15F3N6O. The molecule has 0 aromatic heterocycles. The molecule has 1 aliphatic rings. The average Bonchev–Trinajstić information content (AvgIpc) is 2.44. The molecule has 0 amide bonds. The van der Waals surface area contributed by atoms with Gasteiger partial charge in [0.25, 0.3) is 6.02 Å². The van der Waals surface area contributed by atoms with Gasteiger partial charge in [-0.25, -0.2) is 4.99 Å². The van der Waals surface area contributed by atoms with Crippen LogP contribution in [0.4, 0.5) is 13.2 Å². The van der Waals surface area contributed by atoms with E-state index in [4.69, 9.17) is 17.2 Å². The van der Waals surface area contributed by atoms with E-state index in [-0.39, 0.29) is 5.96 Å². The van der Waals surface area contributed by atoms with Crippen molar-refractivity contribution in [2.24, 2.45) is 27.2 Å². The van der Waals surface area contributed by atoms with Gasteiger partial charge in [0.05, 0.1) is 0 Å². The van der Waals surface area contributed by atoms with Gasteiger partial charge in [0, 0.05) is 12.1 Å². The van der Waals surface area contributed by atoms with E-state index in [9.17, 15) is 13.2 Å². The third kappa shape index (κ3) is 3.86. The van der Waals surface area contributed by atoms with Crippen LogP contribution in [0.5, 0.6) is 0 Å². The van der Waals surface area contributed by atoms with E-state index in [0.29, 0.717) is 12.1 Å². The Hall–Kier alpha value is -2.33. The summed E-state index contributed by atoms with van der Waals surface area (Å²) in [7, 11) is 0. The zero-order valence-corrected chi connectivity index (χ0v) is 11.4. The zero-order chi connectivity index (χ0) is 16.4. The Morgan fingerprint density at radius 3 is 2.36 bits per heavy atom. The number of halogens is 3. The SMILES string of the molecule is NCc1ccc(C2(N)N=C(N)NC(OCC(F)(F)F)=N2)cc1. The Labute approximate surface area is 124 Å². The average molecular weight is 316 g/mol. The summed E-state index contributed by atoms with van der Waals surface area (Å²) in [5.41, 5.74) is 18.3. The maximum Gasteiger partial charge on any atom is 0.422 e. The molecule has 1 heterocycles. The lowest BCUT2D eigenvalue weighted by Gasteiger charge is -2.27. The first-order valence-corrected chi connectivity index (χ1v) is 6.22. The number of rotatable bonds is 3. The molecular weight excluding hydrogens is 301 g/mol. The van der Waals surface area contributed by atoms with Crippen molar-refractivity contribution in [3.8, 4) is 0 Å². The monoisotopic (exact) mass is 316 g/mol. The number of hydrogen-bond donors (Lipinski definition) is 4. The third-order valence-electron chi connectivity index (χ3n) is 2.78. The second-order valence-electron chi connectivity index (χ2n) is 4.57. The summed E-state index contributed by atoms with van der Waals surface area (Å²) < 4.78 is 41.1. The van der Waals surface area contributed by atoms with Crippen molar-refractivity contribution >= 4 is 12.0 Å². The minimum absolute atomic E-state index is 0.197. The van der Waals surface area contributed by atoms with Gasteiger partial charge in [-0.05, 0) is 5.56 Å². The van der Waals surface area contributed by atoms with Crippen LogP contribution in [-0.4, -0.2) is 24.8 Å². The second-order valence-corrected chi connectivity index (χ2v) is 4.57. The predicted octanol–water partition coefficient (Wildman–Crippen LogP) is 0.0671. The number of alkyl halides is 3. The van der Waals surface area contributed by atoms with E-state index >= 15 is 0 Å². The Bertz CT molecular complexity index is 598. The Kier molecular flexibility index (Phi) is 4.24. The maximum absolute atomic E-state index is 12.2. The fourth-order valence-electron chi connectivity index (χ4n) is 1.76. The summed E-state index contributed by atoms with van der Waals surface area (Å²) in [4.78, 5) is 7.77. The molecule has 120 valence electrons. The minimum Gasteiger partial charge on any atom is -0.455 e. The molecule has 10 heteroatoms. The van der Waals surface area contributed by atoms with Crippen LogP contribution in [0.2, 0.25) is 0 Å². The van der Waals surface area contributed by atoms with Crippen molar-refractivity contribution in [1.82, 2.24) is 5.32 Å². The summed E-state index contributed by atoms with van der Waals surface area (Å²) >= 11 is 0. The van der Waals surface area contributed by atoms with Gasteiger partial charge >= 0.3 is 6.18 Å². The lowest BCUT2D eigenvalue weighted by molar-refractivity contribution is -0.156. The highest BCUT2D eigenvalue weighted by atomic mass is 19.4. The smallest absolute Gasteiger partial charge is 0.422 e. The van der Waals surface area contributed by atoms with Crippen LogP contribution in [-0.2, 0) is 17.1 Å². The number of ether oxygens (including phenoxy) is 1. The first-order valence-electron chi connectivity index (χ1n) is 6.22. The van der Waals surface area contributed by atoms with E-state index < -0.39 is 24.6 Å². The second kappa shape index (κ2) is 5.81. The van der Waals surface area contributed by atoms with Crippen LogP contribution < -0.4 is 22.5 Å². The van der Waals surface area contributed by atoms with Gasteiger partial charge in [0.15, 0.2) is 6.61 Å². The van der Waals surface area contributed by atoms with Gasteiger partial charge in [0.2, 0.25) is 11.7 Å². The fraction of sp³-hybridized carbons (Fsp3) is 0.333. The van der Waals surface area contributed by atoms with E-state index in [2.05, 4.69) is 20.0 Å². The molecule has 0 saturated heterocycles. The Morgan fingerprint density at radius 1 is 1.18 bits per heavy atom. The zero-order valence-electron chi connectivity index (χ0n) is 11.4. The number of aliphatic imine (C=N–C) groups is 2. The summed E-state index contributed by atoms with van der Waals surface area (Å²) in [5, 5.41) is 2.29. The van der Waals surface area contributed by atoms with E-state index in [0.717, 1.165) is 5.56 Å². The van der Waals surface area contributed by atoms with Crippen molar-refractivity contribution in [2.45, 2.75) is 18.5 Å². The molecule has 0 radical (unpaired) electrons. The number of nitrogens with two attached hydrogens (primary N) is 3. The maximum atomic E-state index is 12.2. The molecule has 2 rings (SSSR count). The highest BCUT2D eigenvalue weighted by Gasteiger charge is 2.34. The van der Waals surface area contributed by atoms with E-state index in [1.54, 1.807) is 24.3 Å². The lowest BCUT2D eigenvalue weighted by atomic mass is 10.1. The molecule has 1 atom stereocenters. The number of benzene rings is 1. The van der Waals surface area contributed by atoms with Crippen molar-refractivity contribution < 1.29 is 17.9 Å². The van der Waals surface area contributed by atoms with Gasteiger partial charge in [-0.2, -0.15) is 18.2 Å². The lowest BCUT2D eigenvalue weighted by Crippen LogP contribution is -2.49. The van der Waals surface area contributed by atoms with Crippen LogP contribution in [0, 0.1) is 0 Å². The molecule has 0 saturated carbocycles. The van der Waals surface area contributed by atoms with Crippen LogP contribution in [0.15, 0.2) is 34.3 Å². The quantitative estimate of drug-likeness (QED) is 0.628. The molecule has 1 aromatic carbocycles. The Morgan fingerprint density at radius 2 is 1.82 bits per heavy atom. The van der Waals surface area contributed by atoms with Gasteiger partial charge in [-0.1, -0.05) is 24.3 Å². The molecule has 0 spiro atoms. The number of nitrogens with one attached hydrogen (secondary N) is 1. The minimum atomic E-state index is -4.51. The van der Waals surface area contributed by atoms with Crippen molar-refractivity contribution in [3.05, 3.63) is 35.4 Å².